The van der Waals surface area contributed by atoms with E-state index < -0.39 is 11.1 Å². The highest BCUT2D eigenvalue weighted by molar-refractivity contribution is 5.03. The number of azo groups is 1. The maximum Gasteiger partial charge on any atom is 0.522 e. The summed E-state index contributed by atoms with van der Waals surface area (Å²) < 4.78 is 0. The second kappa shape index (κ2) is 11.7. The zero-order valence-corrected chi connectivity index (χ0v) is 15.7. The van der Waals surface area contributed by atoms with E-state index in [0.29, 0.717) is 0 Å². The molecule has 0 unspecified atom stereocenters. The van der Waals surface area contributed by atoms with Crippen molar-refractivity contribution in [3.8, 4) is 24.3 Å². The van der Waals surface area contributed by atoms with Crippen LogP contribution in [0, 0.1) is 46.6 Å². The highest BCUT2D eigenvalue weighted by Gasteiger charge is 2.19. The Labute approximate surface area is 144 Å². The molecule has 0 aliphatic rings. The summed E-state index contributed by atoms with van der Waals surface area (Å²) in [6.07, 6.45) is 0. The number of rotatable bonds is 2. The molecule has 8 heteroatoms. The molecule has 0 bridgehead atoms. The maximum atomic E-state index is 8.58. The van der Waals surface area contributed by atoms with E-state index in [2.05, 4.69) is 42.7 Å². The van der Waals surface area contributed by atoms with Gasteiger partial charge >= 0.3 is 10.4 Å². The summed E-state index contributed by atoms with van der Waals surface area (Å²) in [5.74, 6) is 0.531. The summed E-state index contributed by atoms with van der Waals surface area (Å²) in [7, 11) is 0. The minimum Gasteiger partial charge on any atom is -0.196 e. The van der Waals surface area contributed by atoms with Crippen molar-refractivity contribution in [2.45, 2.75) is 66.5 Å². The standard InChI is InChI=1S/C8H14N4.C8H12N4/c1-7(2)5-9-11-12-10-6-8(3)4;1-7(2,5-9)11-12-8(3,4)6-10/h7-8H,1-4H3;1-4H3/q+2;. The molecule has 8 nitrogen and oxygen atoms in total. The first-order chi connectivity index (χ1) is 11.0. The van der Waals surface area contributed by atoms with Crippen LogP contribution in [0.25, 0.3) is 9.91 Å². The molecule has 0 aromatic heterocycles. The Morgan fingerprint density at radius 2 is 1.00 bits per heavy atom. The van der Waals surface area contributed by atoms with E-state index >= 15 is 0 Å². The van der Waals surface area contributed by atoms with Crippen molar-refractivity contribution >= 4 is 0 Å². The molecule has 0 saturated carbocycles. The topological polar surface area (TPSA) is 106 Å². The molecule has 0 aliphatic heterocycles. The normalized spacial score (nSPS) is 11.0. The maximum absolute atomic E-state index is 8.58. The van der Waals surface area contributed by atoms with Gasteiger partial charge in [0.05, 0.1) is 33.9 Å². The third-order valence-corrected chi connectivity index (χ3v) is 1.86. The highest BCUT2D eigenvalue weighted by Crippen LogP contribution is 2.13. The Morgan fingerprint density at radius 1 is 0.708 bits per heavy atom. The molecule has 0 aromatic carbocycles. The molecule has 128 valence electrons. The summed E-state index contributed by atoms with van der Waals surface area (Å²) in [6, 6.07) is 9.36. The average molecular weight is 330 g/mol. The van der Waals surface area contributed by atoms with Gasteiger partial charge in [-0.15, -0.1) is 0 Å². The molecule has 0 amide bonds. The lowest BCUT2D eigenvalue weighted by Crippen LogP contribution is -2.17. The lowest BCUT2D eigenvalue weighted by molar-refractivity contribution is 0.541. The van der Waals surface area contributed by atoms with Gasteiger partial charge < -0.3 is 0 Å². The van der Waals surface area contributed by atoms with E-state index in [1.165, 1.54) is 0 Å². The molecule has 0 fully saturated rings. The van der Waals surface area contributed by atoms with E-state index in [9.17, 15) is 0 Å². The number of hydrogen-bond donors (Lipinski definition) is 0. The Kier molecular flexibility index (Phi) is 11.4. The summed E-state index contributed by atoms with van der Waals surface area (Å²) >= 11 is 0. The van der Waals surface area contributed by atoms with Crippen molar-refractivity contribution < 1.29 is 0 Å². The lowest BCUT2D eigenvalue weighted by atomic mass is 10.1. The van der Waals surface area contributed by atoms with Gasteiger partial charge in [-0.1, -0.05) is 0 Å². The molecule has 0 aliphatic carbocycles. The van der Waals surface area contributed by atoms with Crippen LogP contribution in [0.1, 0.15) is 55.4 Å². The lowest BCUT2D eigenvalue weighted by Gasteiger charge is -2.11. The monoisotopic (exact) mass is 330 g/mol. The molecule has 0 saturated heterocycles. The van der Waals surface area contributed by atoms with E-state index in [1.807, 2.05) is 39.8 Å². The number of nitriles is 2. The summed E-state index contributed by atoms with van der Waals surface area (Å²) in [4.78, 5) is 7.08. The smallest absolute Gasteiger partial charge is 0.196 e. The summed E-state index contributed by atoms with van der Waals surface area (Å²) in [6.45, 7) is 14.4. The molecule has 0 spiro atoms. The third kappa shape index (κ3) is 17.2. The molecular formula is C16H26N8+2. The van der Waals surface area contributed by atoms with Crippen molar-refractivity contribution in [2.75, 3.05) is 0 Å². The largest absolute Gasteiger partial charge is 0.522 e. The fourth-order valence-electron chi connectivity index (χ4n) is 0.617. The molecule has 0 radical (unpaired) electrons. The van der Waals surface area contributed by atoms with Crippen LogP contribution in [0.3, 0.4) is 0 Å². The van der Waals surface area contributed by atoms with Crippen molar-refractivity contribution in [2.24, 2.45) is 32.5 Å². The minimum absolute atomic E-state index is 0.266. The van der Waals surface area contributed by atoms with Crippen molar-refractivity contribution in [1.29, 1.82) is 10.5 Å². The minimum atomic E-state index is -0.839. The SMILES string of the molecule is CC(C)(C#N)N=NC(C)(C)C#N.CC(C)C#[N+]N=N[N+]#CC(C)C. The van der Waals surface area contributed by atoms with Crippen LogP contribution >= 0.6 is 0 Å². The van der Waals surface area contributed by atoms with Crippen molar-refractivity contribution in [3.05, 3.63) is 9.91 Å². The summed E-state index contributed by atoms with van der Waals surface area (Å²) in [5, 5.41) is 31.5. The van der Waals surface area contributed by atoms with Gasteiger partial charge in [0.25, 0.3) is 0 Å². The highest BCUT2D eigenvalue weighted by atomic mass is 15.5. The van der Waals surface area contributed by atoms with E-state index in [1.54, 1.807) is 27.7 Å². The first kappa shape index (κ1) is 23.4. The van der Waals surface area contributed by atoms with Crippen LogP contribution in [0.4, 0.5) is 0 Å². The first-order valence-corrected chi connectivity index (χ1v) is 7.53. The Bertz CT molecular complexity index is 578. The molecule has 0 aromatic rings. The van der Waals surface area contributed by atoms with Crippen LogP contribution in [0.2, 0.25) is 0 Å². The average Bonchev–Trinajstić information content (AvgIpc) is 2.49. The molecule has 0 atom stereocenters. The van der Waals surface area contributed by atoms with Gasteiger partial charge in [0.15, 0.2) is 11.1 Å². The molecular weight excluding hydrogens is 304 g/mol. The summed E-state index contributed by atoms with van der Waals surface area (Å²) in [5.41, 5.74) is -1.68. The molecule has 0 N–H and O–H groups in total. The number of nitrogens with zero attached hydrogens (tertiary/aromatic N) is 8. The molecule has 24 heavy (non-hydrogen) atoms. The zero-order chi connectivity index (χ0) is 19.2. The fourth-order valence-corrected chi connectivity index (χ4v) is 0.617. The predicted octanol–water partition coefficient (Wildman–Crippen LogP) is 5.29. The quantitative estimate of drug-likeness (QED) is 0.506. The van der Waals surface area contributed by atoms with Gasteiger partial charge in [-0.2, -0.15) is 20.8 Å². The molecule has 0 rings (SSSR count). The van der Waals surface area contributed by atoms with Crippen LogP contribution in [0.5, 0.6) is 0 Å². The predicted molar refractivity (Wildman–Crippen MR) is 93.3 cm³/mol. The van der Waals surface area contributed by atoms with Crippen LogP contribution in [-0.4, -0.2) is 11.1 Å². The van der Waals surface area contributed by atoms with Crippen LogP contribution in [0.15, 0.2) is 20.7 Å². The zero-order valence-electron chi connectivity index (χ0n) is 15.7. The van der Waals surface area contributed by atoms with Gasteiger partial charge in [-0.05, 0) is 55.4 Å². The van der Waals surface area contributed by atoms with Crippen molar-refractivity contribution in [1.82, 2.24) is 0 Å². The van der Waals surface area contributed by atoms with E-state index in [4.69, 9.17) is 10.5 Å². The molecule has 0 heterocycles. The fraction of sp³-hybridized carbons (Fsp3) is 0.750. The van der Waals surface area contributed by atoms with Gasteiger partial charge in [0.2, 0.25) is 12.1 Å². The van der Waals surface area contributed by atoms with E-state index in [-0.39, 0.29) is 11.8 Å². The van der Waals surface area contributed by atoms with Gasteiger partial charge in [-0.25, -0.2) is 0 Å². The van der Waals surface area contributed by atoms with Gasteiger partial charge in [0.1, 0.15) is 0 Å². The Balaban J connectivity index is 0. The Morgan fingerprint density at radius 3 is 1.21 bits per heavy atom. The second-order valence-electron chi connectivity index (χ2n) is 6.49. The number of hydrogen-bond acceptors (Lipinski definition) is 6. The van der Waals surface area contributed by atoms with Gasteiger partial charge in [0, 0.05) is 0 Å². The van der Waals surface area contributed by atoms with Gasteiger partial charge in [-0.3, -0.25) is 0 Å². The second-order valence-corrected chi connectivity index (χ2v) is 6.49. The Hall–Kier alpha value is -2.84. The third-order valence-electron chi connectivity index (χ3n) is 1.86. The van der Waals surface area contributed by atoms with Crippen LogP contribution in [-0.2, 0) is 0 Å². The van der Waals surface area contributed by atoms with E-state index in [0.717, 1.165) is 0 Å². The van der Waals surface area contributed by atoms with Crippen molar-refractivity contribution in [3.63, 3.8) is 0 Å². The first-order valence-electron chi connectivity index (χ1n) is 7.53. The van der Waals surface area contributed by atoms with Crippen LogP contribution < -0.4 is 0 Å².